The molecule has 2 amide bonds. The van der Waals surface area contributed by atoms with Gasteiger partial charge in [-0.1, -0.05) is 24.3 Å². The zero-order valence-corrected chi connectivity index (χ0v) is 15.2. The molecule has 1 heterocycles. The Bertz CT molecular complexity index is 917. The number of carbonyl (C=O) groups excluding carboxylic acids is 2. The third kappa shape index (κ3) is 3.94. The number of aliphatic imine (C=N–C) groups is 1. The van der Waals surface area contributed by atoms with Crippen LogP contribution in [0.5, 0.6) is 0 Å². The number of para-hydroxylation sites is 1. The lowest BCUT2D eigenvalue weighted by Gasteiger charge is -2.11. The van der Waals surface area contributed by atoms with Crippen molar-refractivity contribution in [2.45, 2.75) is 0 Å². The maximum Gasteiger partial charge on any atom is 0.264 e. The molecule has 1 fully saturated rings. The minimum absolute atomic E-state index is 0.220. The second-order valence-corrected chi connectivity index (χ2v) is 6.88. The van der Waals surface area contributed by atoms with Crippen LogP contribution in [0.25, 0.3) is 6.08 Å². The van der Waals surface area contributed by atoms with Crippen molar-refractivity contribution in [1.29, 1.82) is 0 Å². The molecule has 3 rings (SSSR count). The molecule has 0 aromatic heterocycles. The minimum Gasteiger partial charge on any atom is -0.378 e. The van der Waals surface area contributed by atoms with E-state index in [2.05, 4.69) is 10.3 Å². The van der Waals surface area contributed by atoms with Crippen molar-refractivity contribution in [2.75, 3.05) is 19.0 Å². The summed E-state index contributed by atoms with van der Waals surface area (Å²) in [5, 5.41) is 3.13. The predicted molar refractivity (Wildman–Crippen MR) is 107 cm³/mol. The lowest BCUT2D eigenvalue weighted by atomic mass is 10.2. The van der Waals surface area contributed by atoms with Crippen molar-refractivity contribution in [1.82, 2.24) is 5.32 Å². The van der Waals surface area contributed by atoms with Gasteiger partial charge < -0.3 is 16.0 Å². The Balaban J connectivity index is 1.83. The van der Waals surface area contributed by atoms with Crippen LogP contribution in [-0.4, -0.2) is 31.1 Å². The van der Waals surface area contributed by atoms with Crippen molar-refractivity contribution in [3.8, 4) is 0 Å². The fourth-order valence-corrected chi connectivity index (χ4v) is 3.22. The predicted octanol–water partition coefficient (Wildman–Crippen LogP) is 2.74. The van der Waals surface area contributed by atoms with Gasteiger partial charge in [0.15, 0.2) is 5.17 Å². The maximum absolute atomic E-state index is 12.2. The highest BCUT2D eigenvalue weighted by molar-refractivity contribution is 8.18. The van der Waals surface area contributed by atoms with Crippen molar-refractivity contribution in [2.24, 2.45) is 10.7 Å². The van der Waals surface area contributed by atoms with Crippen LogP contribution < -0.4 is 16.0 Å². The fraction of sp³-hybridized carbons (Fsp3) is 0.105. The zero-order chi connectivity index (χ0) is 18.7. The molecule has 0 saturated carbocycles. The Morgan fingerprint density at radius 2 is 1.85 bits per heavy atom. The first-order chi connectivity index (χ1) is 12.4. The van der Waals surface area contributed by atoms with E-state index in [0.717, 1.165) is 11.3 Å². The third-order valence-electron chi connectivity index (χ3n) is 3.75. The van der Waals surface area contributed by atoms with E-state index in [1.807, 2.05) is 49.3 Å². The molecule has 2 aromatic carbocycles. The molecule has 2 aromatic rings. The average Bonchev–Trinajstić information content (AvgIpc) is 2.95. The van der Waals surface area contributed by atoms with Gasteiger partial charge in [0.2, 0.25) is 0 Å². The standard InChI is InChI=1S/C19H18N4O2S/c1-23(2)13-9-7-12(8-10-13)11-16-18(25)22-19(26-16)21-15-6-4-3-5-14(15)17(20)24/h3-11H,1-2H3,(H2,20,24)(H,21,22,25)/b16-11-. The quantitative estimate of drug-likeness (QED) is 0.815. The number of nitrogens with zero attached hydrogens (tertiary/aromatic N) is 2. The van der Waals surface area contributed by atoms with Crippen LogP contribution >= 0.6 is 11.8 Å². The van der Waals surface area contributed by atoms with Crippen LogP contribution in [0.15, 0.2) is 58.4 Å². The first-order valence-electron chi connectivity index (χ1n) is 7.90. The Labute approximate surface area is 155 Å². The number of anilines is 1. The van der Waals surface area contributed by atoms with Gasteiger partial charge in [-0.2, -0.15) is 0 Å². The zero-order valence-electron chi connectivity index (χ0n) is 14.4. The molecule has 0 atom stereocenters. The number of nitrogens with one attached hydrogen (secondary N) is 1. The molecule has 26 heavy (non-hydrogen) atoms. The van der Waals surface area contributed by atoms with E-state index >= 15 is 0 Å². The number of hydrogen-bond acceptors (Lipinski definition) is 5. The molecule has 0 bridgehead atoms. The van der Waals surface area contributed by atoms with E-state index in [0.29, 0.717) is 21.3 Å². The Morgan fingerprint density at radius 3 is 2.50 bits per heavy atom. The van der Waals surface area contributed by atoms with Gasteiger partial charge in [0.25, 0.3) is 11.8 Å². The normalized spacial score (nSPS) is 16.8. The third-order valence-corrected chi connectivity index (χ3v) is 4.66. The summed E-state index contributed by atoms with van der Waals surface area (Å²) in [6, 6.07) is 14.6. The molecule has 6 nitrogen and oxygen atoms in total. The number of nitrogens with two attached hydrogens (primary N) is 1. The summed E-state index contributed by atoms with van der Waals surface area (Å²) in [5.74, 6) is -0.780. The lowest BCUT2D eigenvalue weighted by molar-refractivity contribution is -0.115. The highest BCUT2D eigenvalue weighted by Crippen LogP contribution is 2.29. The van der Waals surface area contributed by atoms with E-state index in [4.69, 9.17) is 5.73 Å². The molecule has 1 aliphatic rings. The van der Waals surface area contributed by atoms with Crippen LogP contribution in [0.3, 0.4) is 0 Å². The summed E-state index contributed by atoms with van der Waals surface area (Å²) in [7, 11) is 3.95. The lowest BCUT2D eigenvalue weighted by Crippen LogP contribution is -2.19. The Morgan fingerprint density at radius 1 is 1.15 bits per heavy atom. The summed E-state index contributed by atoms with van der Waals surface area (Å²) in [6.45, 7) is 0. The van der Waals surface area contributed by atoms with E-state index in [1.165, 1.54) is 11.8 Å². The highest BCUT2D eigenvalue weighted by Gasteiger charge is 2.24. The number of benzene rings is 2. The summed E-state index contributed by atoms with van der Waals surface area (Å²) < 4.78 is 0. The first kappa shape index (κ1) is 17.8. The molecule has 0 unspecified atom stereocenters. The average molecular weight is 366 g/mol. The van der Waals surface area contributed by atoms with Gasteiger partial charge in [0.1, 0.15) is 0 Å². The van der Waals surface area contributed by atoms with Crippen molar-refractivity contribution < 1.29 is 9.59 Å². The molecule has 132 valence electrons. The smallest absolute Gasteiger partial charge is 0.264 e. The second kappa shape index (κ2) is 7.45. The van der Waals surface area contributed by atoms with Crippen molar-refractivity contribution >= 4 is 46.2 Å². The number of primary amides is 1. The molecule has 3 N–H and O–H groups in total. The molecule has 0 spiro atoms. The summed E-state index contributed by atoms with van der Waals surface area (Å²) in [5.41, 5.74) is 8.11. The summed E-state index contributed by atoms with van der Waals surface area (Å²) >= 11 is 1.23. The topological polar surface area (TPSA) is 87.8 Å². The first-order valence-corrected chi connectivity index (χ1v) is 8.71. The minimum atomic E-state index is -0.559. The Kier molecular flexibility index (Phi) is 5.09. The van der Waals surface area contributed by atoms with Crippen LogP contribution in [0.2, 0.25) is 0 Å². The van der Waals surface area contributed by atoms with Gasteiger partial charge in [-0.05, 0) is 47.7 Å². The Hall–Kier alpha value is -3.06. The van der Waals surface area contributed by atoms with Gasteiger partial charge in [0, 0.05) is 19.8 Å². The largest absolute Gasteiger partial charge is 0.378 e. The number of amides is 2. The summed E-state index contributed by atoms with van der Waals surface area (Å²) in [4.78, 5) is 30.6. The van der Waals surface area contributed by atoms with Gasteiger partial charge >= 0.3 is 0 Å². The van der Waals surface area contributed by atoms with Gasteiger partial charge in [-0.3, -0.25) is 9.59 Å². The number of amidine groups is 1. The fourth-order valence-electron chi connectivity index (χ4n) is 2.39. The molecular weight excluding hydrogens is 348 g/mol. The highest BCUT2D eigenvalue weighted by atomic mass is 32.2. The second-order valence-electron chi connectivity index (χ2n) is 5.85. The van der Waals surface area contributed by atoms with Crippen LogP contribution in [-0.2, 0) is 4.79 Å². The van der Waals surface area contributed by atoms with Crippen LogP contribution in [0.4, 0.5) is 11.4 Å². The molecule has 1 aliphatic heterocycles. The van der Waals surface area contributed by atoms with Crippen LogP contribution in [0.1, 0.15) is 15.9 Å². The van der Waals surface area contributed by atoms with E-state index in [-0.39, 0.29) is 5.91 Å². The number of hydrogen-bond donors (Lipinski definition) is 2. The molecule has 0 aliphatic carbocycles. The SMILES string of the molecule is CN(C)c1ccc(/C=C2\SC(=Nc3ccccc3C(N)=O)NC2=O)cc1. The number of thioether (sulfide) groups is 1. The van der Waals surface area contributed by atoms with Gasteiger partial charge in [-0.15, -0.1) is 0 Å². The van der Waals surface area contributed by atoms with Gasteiger partial charge in [0.05, 0.1) is 16.2 Å². The molecule has 0 radical (unpaired) electrons. The van der Waals surface area contributed by atoms with E-state index < -0.39 is 5.91 Å². The van der Waals surface area contributed by atoms with Crippen molar-refractivity contribution in [3.05, 3.63) is 64.6 Å². The monoisotopic (exact) mass is 366 g/mol. The van der Waals surface area contributed by atoms with E-state index in [9.17, 15) is 9.59 Å². The van der Waals surface area contributed by atoms with Crippen molar-refractivity contribution in [3.63, 3.8) is 0 Å². The van der Waals surface area contributed by atoms with Gasteiger partial charge in [-0.25, -0.2) is 4.99 Å². The van der Waals surface area contributed by atoms with Crippen LogP contribution in [0, 0.1) is 0 Å². The molecule has 1 saturated heterocycles. The molecule has 7 heteroatoms. The number of carbonyl (C=O) groups is 2. The van der Waals surface area contributed by atoms with E-state index in [1.54, 1.807) is 24.3 Å². The molecular formula is C19H18N4O2S. The maximum atomic E-state index is 12.2. The summed E-state index contributed by atoms with van der Waals surface area (Å²) in [6.07, 6.45) is 1.81. The number of rotatable bonds is 4.